The van der Waals surface area contributed by atoms with Gasteiger partial charge < -0.3 is 0 Å². The van der Waals surface area contributed by atoms with E-state index in [0.29, 0.717) is 5.65 Å². The smallest absolute Gasteiger partial charge is 0.270 e. The number of hydrogen-bond acceptors (Lipinski definition) is 4. The van der Waals surface area contributed by atoms with E-state index in [4.69, 9.17) is 0 Å². The van der Waals surface area contributed by atoms with Gasteiger partial charge in [0.15, 0.2) is 5.65 Å². The summed E-state index contributed by atoms with van der Waals surface area (Å²) < 4.78 is 2.80. The summed E-state index contributed by atoms with van der Waals surface area (Å²) in [5.74, 6) is 0. The van der Waals surface area contributed by atoms with Crippen molar-refractivity contribution in [3.8, 4) is 6.07 Å². The molecular formula is C20H14N4O2. The number of hydrogen-bond donors (Lipinski definition) is 0. The largest absolute Gasteiger partial charge is 0.287 e. The van der Waals surface area contributed by atoms with Crippen molar-refractivity contribution < 1.29 is 0 Å². The molecule has 126 valence electrons. The monoisotopic (exact) mass is 342 g/mol. The first-order chi connectivity index (χ1) is 12.6. The van der Waals surface area contributed by atoms with E-state index in [0.717, 1.165) is 11.1 Å². The van der Waals surface area contributed by atoms with Crippen LogP contribution >= 0.6 is 0 Å². The van der Waals surface area contributed by atoms with Crippen LogP contribution in [0.5, 0.6) is 0 Å². The van der Waals surface area contributed by atoms with Crippen LogP contribution in [0.4, 0.5) is 0 Å². The first kappa shape index (κ1) is 15.8. The van der Waals surface area contributed by atoms with Crippen molar-refractivity contribution in [2.24, 2.45) is 0 Å². The molecule has 0 aliphatic rings. The van der Waals surface area contributed by atoms with E-state index in [2.05, 4.69) is 4.98 Å². The summed E-state index contributed by atoms with van der Waals surface area (Å²) in [5, 5.41) is 9.56. The fourth-order valence-electron chi connectivity index (χ4n) is 2.97. The number of nitrogens with zero attached hydrogens (tertiary/aromatic N) is 4. The Morgan fingerprint density at radius 1 is 1.08 bits per heavy atom. The van der Waals surface area contributed by atoms with E-state index in [1.54, 1.807) is 24.4 Å². The third-order valence-corrected chi connectivity index (χ3v) is 4.35. The van der Waals surface area contributed by atoms with Gasteiger partial charge in [0.1, 0.15) is 17.3 Å². The molecule has 3 aromatic heterocycles. The molecule has 0 saturated heterocycles. The highest BCUT2D eigenvalue weighted by Crippen LogP contribution is 2.12. The van der Waals surface area contributed by atoms with E-state index >= 15 is 0 Å². The molecule has 0 saturated carbocycles. The first-order valence-electron chi connectivity index (χ1n) is 8.09. The molecule has 4 aromatic rings. The Kier molecular flexibility index (Phi) is 3.63. The van der Waals surface area contributed by atoms with Gasteiger partial charge in [-0.2, -0.15) is 5.26 Å². The van der Waals surface area contributed by atoms with Crippen LogP contribution in [0.25, 0.3) is 16.7 Å². The molecule has 0 radical (unpaired) electrons. The molecule has 1 aromatic carbocycles. The quantitative estimate of drug-likeness (QED) is 0.523. The second kappa shape index (κ2) is 5.97. The van der Waals surface area contributed by atoms with Gasteiger partial charge in [0.05, 0.1) is 11.9 Å². The highest BCUT2D eigenvalue weighted by molar-refractivity contribution is 5.77. The van der Waals surface area contributed by atoms with Gasteiger partial charge in [0.25, 0.3) is 11.1 Å². The van der Waals surface area contributed by atoms with E-state index in [9.17, 15) is 14.9 Å². The minimum absolute atomic E-state index is 0.0700. The van der Waals surface area contributed by atoms with Crippen molar-refractivity contribution in [2.75, 3.05) is 0 Å². The molecule has 0 unspecified atom stereocenters. The molecule has 0 atom stereocenters. The SMILES string of the molecule is Cc1ccc(Cn2c(=O)c(C#N)cc3c(=O)n4ccccc4nc32)cc1. The van der Waals surface area contributed by atoms with E-state index in [-0.39, 0.29) is 28.7 Å². The van der Waals surface area contributed by atoms with Crippen LogP contribution in [0, 0.1) is 18.3 Å². The number of rotatable bonds is 2. The average Bonchev–Trinajstić information content (AvgIpc) is 2.66. The molecule has 6 heteroatoms. The molecule has 0 amide bonds. The summed E-state index contributed by atoms with van der Waals surface area (Å²) >= 11 is 0. The lowest BCUT2D eigenvalue weighted by Crippen LogP contribution is -2.27. The van der Waals surface area contributed by atoms with Crippen LogP contribution in [0.3, 0.4) is 0 Å². The van der Waals surface area contributed by atoms with Crippen LogP contribution in [0.15, 0.2) is 64.3 Å². The zero-order chi connectivity index (χ0) is 18.3. The number of nitriles is 1. The highest BCUT2D eigenvalue weighted by Gasteiger charge is 2.15. The van der Waals surface area contributed by atoms with Crippen molar-refractivity contribution in [2.45, 2.75) is 13.5 Å². The predicted molar refractivity (Wildman–Crippen MR) is 98.2 cm³/mol. The Balaban J connectivity index is 2.08. The van der Waals surface area contributed by atoms with Gasteiger partial charge in [-0.25, -0.2) is 4.98 Å². The predicted octanol–water partition coefficient (Wildman–Crippen LogP) is 2.24. The minimum Gasteiger partial charge on any atom is -0.287 e. The fraction of sp³-hybridized carbons (Fsp3) is 0.100. The average molecular weight is 342 g/mol. The second-order valence-electron chi connectivity index (χ2n) is 6.13. The maximum Gasteiger partial charge on any atom is 0.270 e. The lowest BCUT2D eigenvalue weighted by atomic mass is 10.1. The van der Waals surface area contributed by atoms with Crippen molar-refractivity contribution in [3.63, 3.8) is 0 Å². The molecule has 0 spiro atoms. The summed E-state index contributed by atoms with van der Waals surface area (Å²) in [6, 6.07) is 16.2. The number of aryl methyl sites for hydroxylation is 1. The molecular weight excluding hydrogens is 328 g/mol. The standard InChI is InChI=1S/C20H14N4O2/c1-13-5-7-14(8-6-13)12-24-18-16(10-15(11-21)19(24)25)20(26)23-9-3-2-4-17(23)22-18/h2-10H,12H2,1H3. The first-order valence-corrected chi connectivity index (χ1v) is 8.09. The van der Waals surface area contributed by atoms with Crippen LogP contribution in [0.1, 0.15) is 16.7 Å². The number of pyridine rings is 2. The topological polar surface area (TPSA) is 80.2 Å². The maximum absolute atomic E-state index is 12.8. The molecule has 0 bridgehead atoms. The van der Waals surface area contributed by atoms with E-state index in [1.165, 1.54) is 15.0 Å². The minimum atomic E-state index is -0.451. The van der Waals surface area contributed by atoms with Gasteiger partial charge in [-0.15, -0.1) is 0 Å². The fourth-order valence-corrected chi connectivity index (χ4v) is 2.97. The van der Waals surface area contributed by atoms with E-state index < -0.39 is 5.56 Å². The normalized spacial score (nSPS) is 10.9. The van der Waals surface area contributed by atoms with Gasteiger partial charge in [-0.3, -0.25) is 18.6 Å². The van der Waals surface area contributed by atoms with Gasteiger partial charge in [0, 0.05) is 6.20 Å². The van der Waals surface area contributed by atoms with E-state index in [1.807, 2.05) is 37.3 Å². The Morgan fingerprint density at radius 3 is 2.58 bits per heavy atom. The molecule has 0 fully saturated rings. The van der Waals surface area contributed by atoms with Crippen molar-refractivity contribution in [1.29, 1.82) is 5.26 Å². The highest BCUT2D eigenvalue weighted by atomic mass is 16.1. The zero-order valence-electron chi connectivity index (χ0n) is 14.0. The summed E-state index contributed by atoms with van der Waals surface area (Å²) in [6.07, 6.45) is 1.62. The Bertz CT molecular complexity index is 1310. The number of benzene rings is 1. The summed E-state index contributed by atoms with van der Waals surface area (Å²) in [6.45, 7) is 2.22. The third kappa shape index (κ3) is 2.47. The van der Waals surface area contributed by atoms with Crippen LogP contribution in [-0.4, -0.2) is 14.0 Å². The number of aromatic nitrogens is 3. The summed E-state index contributed by atoms with van der Waals surface area (Å²) in [5.41, 5.74) is 1.91. The molecule has 3 heterocycles. The molecule has 0 aliphatic heterocycles. The zero-order valence-corrected chi connectivity index (χ0v) is 14.0. The van der Waals surface area contributed by atoms with Crippen LogP contribution < -0.4 is 11.1 Å². The molecule has 26 heavy (non-hydrogen) atoms. The van der Waals surface area contributed by atoms with Gasteiger partial charge in [-0.05, 0) is 30.7 Å². The lowest BCUT2D eigenvalue weighted by molar-refractivity contribution is 0.778. The lowest BCUT2D eigenvalue weighted by Gasteiger charge is -2.11. The Morgan fingerprint density at radius 2 is 1.85 bits per heavy atom. The number of fused-ring (bicyclic) bond motifs is 2. The van der Waals surface area contributed by atoms with Crippen LogP contribution in [0.2, 0.25) is 0 Å². The summed E-state index contributed by atoms with van der Waals surface area (Å²) in [4.78, 5) is 30.0. The Labute approximate surface area is 148 Å². The van der Waals surface area contributed by atoms with Crippen LogP contribution in [-0.2, 0) is 6.54 Å². The third-order valence-electron chi connectivity index (χ3n) is 4.35. The molecule has 0 N–H and O–H groups in total. The molecule has 4 rings (SSSR count). The maximum atomic E-state index is 12.8. The van der Waals surface area contributed by atoms with Crippen molar-refractivity contribution in [3.05, 3.63) is 92.1 Å². The Hall–Kier alpha value is -3.72. The second-order valence-corrected chi connectivity index (χ2v) is 6.13. The van der Waals surface area contributed by atoms with Crippen molar-refractivity contribution in [1.82, 2.24) is 14.0 Å². The molecule has 0 aliphatic carbocycles. The van der Waals surface area contributed by atoms with Gasteiger partial charge in [0.2, 0.25) is 0 Å². The van der Waals surface area contributed by atoms with Gasteiger partial charge >= 0.3 is 0 Å². The summed E-state index contributed by atoms with van der Waals surface area (Å²) in [7, 11) is 0. The van der Waals surface area contributed by atoms with Crippen molar-refractivity contribution >= 4 is 16.7 Å². The van der Waals surface area contributed by atoms with Gasteiger partial charge in [-0.1, -0.05) is 35.9 Å². The molecule has 6 nitrogen and oxygen atoms in total.